The van der Waals surface area contributed by atoms with Gasteiger partial charge in [0.2, 0.25) is 21.8 Å². The molecule has 0 aliphatic rings. The minimum atomic E-state index is -4.18. The molecule has 0 aliphatic carbocycles. The summed E-state index contributed by atoms with van der Waals surface area (Å²) in [6.07, 6.45) is 1.30. The van der Waals surface area contributed by atoms with Gasteiger partial charge >= 0.3 is 0 Å². The molecule has 1 aromatic rings. The van der Waals surface area contributed by atoms with Crippen LogP contribution in [0.5, 0.6) is 0 Å². The lowest BCUT2D eigenvalue weighted by atomic mass is 10.5. The summed E-state index contributed by atoms with van der Waals surface area (Å²) in [7, 11) is -4.18. The summed E-state index contributed by atoms with van der Waals surface area (Å²) in [6.45, 7) is -1.37. The number of primary amides is 2. The molecule has 0 fully saturated rings. The third kappa shape index (κ3) is 3.88. The maximum atomic E-state index is 12.2. The second-order valence-corrected chi connectivity index (χ2v) is 5.76. The molecule has 8 nitrogen and oxygen atoms in total. The highest BCUT2D eigenvalue weighted by Crippen LogP contribution is 2.21. The normalized spacial score (nSPS) is 11.5. The van der Waals surface area contributed by atoms with Crippen molar-refractivity contribution in [3.63, 3.8) is 0 Å². The van der Waals surface area contributed by atoms with E-state index in [0.29, 0.717) is 4.31 Å². The van der Waals surface area contributed by atoms with Gasteiger partial charge in [-0.2, -0.15) is 4.31 Å². The molecule has 1 rings (SSSR count). The number of amides is 2. The number of pyridine rings is 1. The van der Waals surface area contributed by atoms with Crippen LogP contribution >= 0.6 is 11.6 Å². The van der Waals surface area contributed by atoms with Crippen LogP contribution in [0.4, 0.5) is 0 Å². The van der Waals surface area contributed by atoms with Gasteiger partial charge in [-0.15, -0.1) is 0 Å². The van der Waals surface area contributed by atoms with Gasteiger partial charge in [0.05, 0.1) is 13.1 Å². The lowest BCUT2D eigenvalue weighted by Crippen LogP contribution is -2.43. The summed E-state index contributed by atoms with van der Waals surface area (Å²) in [5.74, 6) is -1.85. The average molecular weight is 307 g/mol. The number of carbonyl (C=O) groups excluding carboxylic acids is 2. The molecule has 2 amide bonds. The fraction of sp³-hybridized carbons (Fsp3) is 0.222. The number of hydrogen-bond acceptors (Lipinski definition) is 5. The Labute approximate surface area is 114 Å². The zero-order valence-electron chi connectivity index (χ0n) is 9.61. The zero-order chi connectivity index (χ0) is 14.6. The molecule has 19 heavy (non-hydrogen) atoms. The van der Waals surface area contributed by atoms with Gasteiger partial charge in [0.15, 0.2) is 0 Å². The monoisotopic (exact) mass is 306 g/mol. The van der Waals surface area contributed by atoms with Gasteiger partial charge in [0.1, 0.15) is 10.0 Å². The molecule has 0 radical (unpaired) electrons. The highest BCUT2D eigenvalue weighted by atomic mass is 35.5. The second kappa shape index (κ2) is 5.95. The molecule has 104 valence electrons. The van der Waals surface area contributed by atoms with Crippen LogP contribution in [0.25, 0.3) is 0 Å². The Morgan fingerprint density at radius 1 is 1.26 bits per heavy atom. The molecule has 1 heterocycles. The summed E-state index contributed by atoms with van der Waals surface area (Å²) in [5.41, 5.74) is 9.87. The van der Waals surface area contributed by atoms with Crippen molar-refractivity contribution in [2.24, 2.45) is 11.5 Å². The molecule has 0 bridgehead atoms. The molecular weight excluding hydrogens is 296 g/mol. The second-order valence-electron chi connectivity index (χ2n) is 3.50. The van der Waals surface area contributed by atoms with E-state index in [-0.39, 0.29) is 10.0 Å². The maximum Gasteiger partial charge on any atom is 0.247 e. The maximum absolute atomic E-state index is 12.2. The Bertz CT molecular complexity index is 588. The van der Waals surface area contributed by atoms with Crippen molar-refractivity contribution < 1.29 is 18.0 Å². The molecule has 0 unspecified atom stereocenters. The van der Waals surface area contributed by atoms with Crippen LogP contribution in [-0.4, -0.2) is 42.6 Å². The van der Waals surface area contributed by atoms with Crippen molar-refractivity contribution >= 4 is 33.4 Å². The summed E-state index contributed by atoms with van der Waals surface area (Å²) >= 11 is 5.68. The van der Waals surface area contributed by atoms with Crippen molar-refractivity contribution in [3.8, 4) is 0 Å². The number of hydrogen-bond donors (Lipinski definition) is 2. The van der Waals surface area contributed by atoms with Gasteiger partial charge in [-0.25, -0.2) is 13.4 Å². The van der Waals surface area contributed by atoms with E-state index >= 15 is 0 Å². The third-order valence-corrected chi connectivity index (χ3v) is 4.24. The van der Waals surface area contributed by atoms with Crippen molar-refractivity contribution in [1.29, 1.82) is 0 Å². The number of aromatic nitrogens is 1. The topological polar surface area (TPSA) is 136 Å². The lowest BCUT2D eigenvalue weighted by Gasteiger charge is -2.19. The van der Waals surface area contributed by atoms with Crippen LogP contribution < -0.4 is 11.5 Å². The summed E-state index contributed by atoms with van der Waals surface area (Å²) in [4.78, 5) is 25.0. The highest BCUT2D eigenvalue weighted by molar-refractivity contribution is 7.89. The van der Waals surface area contributed by atoms with E-state index in [9.17, 15) is 18.0 Å². The summed E-state index contributed by atoms with van der Waals surface area (Å²) in [6, 6.07) is 2.55. The number of sulfonamides is 1. The molecule has 4 N–H and O–H groups in total. The SMILES string of the molecule is NC(=O)CN(CC(N)=O)S(=O)(=O)c1cccnc1Cl. The van der Waals surface area contributed by atoms with Crippen LogP contribution in [0, 0.1) is 0 Å². The van der Waals surface area contributed by atoms with Crippen LogP contribution in [0.1, 0.15) is 0 Å². The number of nitrogens with two attached hydrogens (primary N) is 2. The highest BCUT2D eigenvalue weighted by Gasteiger charge is 2.29. The molecule has 0 spiro atoms. The number of nitrogens with zero attached hydrogens (tertiary/aromatic N) is 2. The molecule has 0 aliphatic heterocycles. The van der Waals surface area contributed by atoms with Gasteiger partial charge in [-0.05, 0) is 12.1 Å². The van der Waals surface area contributed by atoms with E-state index in [4.69, 9.17) is 23.1 Å². The first-order valence-electron chi connectivity index (χ1n) is 4.92. The number of carbonyl (C=O) groups is 2. The lowest BCUT2D eigenvalue weighted by molar-refractivity contribution is -0.120. The van der Waals surface area contributed by atoms with E-state index in [2.05, 4.69) is 4.98 Å². The third-order valence-electron chi connectivity index (χ3n) is 2.01. The fourth-order valence-electron chi connectivity index (χ4n) is 1.28. The molecule has 0 saturated carbocycles. The van der Waals surface area contributed by atoms with E-state index in [0.717, 1.165) is 0 Å². The molecule has 10 heteroatoms. The standard InChI is InChI=1S/C9H11ClN4O4S/c10-9-6(2-1-3-13-9)19(17,18)14(4-7(11)15)5-8(12)16/h1-3H,4-5H2,(H2,11,15)(H2,12,16). The van der Waals surface area contributed by atoms with Crippen LogP contribution in [0.2, 0.25) is 5.15 Å². The first kappa shape index (κ1) is 15.3. The predicted octanol–water partition coefficient (Wildman–Crippen LogP) is -1.30. The molecular formula is C9H11ClN4O4S. The Morgan fingerprint density at radius 3 is 2.21 bits per heavy atom. The van der Waals surface area contributed by atoms with Gasteiger partial charge in [-0.1, -0.05) is 11.6 Å². The van der Waals surface area contributed by atoms with Gasteiger partial charge < -0.3 is 11.5 Å². The fourth-order valence-corrected chi connectivity index (χ4v) is 3.08. The van der Waals surface area contributed by atoms with E-state index in [1.165, 1.54) is 18.3 Å². The first-order chi connectivity index (χ1) is 8.75. The quantitative estimate of drug-likeness (QED) is 0.629. The van der Waals surface area contributed by atoms with Crippen LogP contribution in [0.15, 0.2) is 23.2 Å². The van der Waals surface area contributed by atoms with Gasteiger partial charge in [0.25, 0.3) is 0 Å². The Balaban J connectivity index is 3.23. The smallest absolute Gasteiger partial charge is 0.247 e. The van der Waals surface area contributed by atoms with Crippen LogP contribution in [-0.2, 0) is 19.6 Å². The summed E-state index contributed by atoms with van der Waals surface area (Å²) in [5, 5.41) is -0.276. The van der Waals surface area contributed by atoms with Gasteiger partial charge in [0, 0.05) is 6.20 Å². The van der Waals surface area contributed by atoms with E-state index in [1.54, 1.807) is 0 Å². The minimum absolute atomic E-state index is 0.276. The largest absolute Gasteiger partial charge is 0.369 e. The zero-order valence-corrected chi connectivity index (χ0v) is 11.2. The average Bonchev–Trinajstić information content (AvgIpc) is 2.27. The Morgan fingerprint density at radius 2 is 1.79 bits per heavy atom. The molecule has 0 atom stereocenters. The number of rotatable bonds is 6. The first-order valence-corrected chi connectivity index (χ1v) is 6.74. The van der Waals surface area contributed by atoms with E-state index in [1.807, 2.05) is 0 Å². The van der Waals surface area contributed by atoms with Gasteiger partial charge in [-0.3, -0.25) is 9.59 Å². The van der Waals surface area contributed by atoms with Crippen molar-refractivity contribution in [2.75, 3.05) is 13.1 Å². The Kier molecular flexibility index (Phi) is 4.81. The molecule has 1 aromatic heterocycles. The van der Waals surface area contributed by atoms with Crippen molar-refractivity contribution in [2.45, 2.75) is 4.90 Å². The molecule has 0 saturated heterocycles. The molecule has 0 aromatic carbocycles. The summed E-state index contributed by atoms with van der Waals surface area (Å²) < 4.78 is 25.0. The van der Waals surface area contributed by atoms with E-state index < -0.39 is 34.9 Å². The minimum Gasteiger partial charge on any atom is -0.369 e. The van der Waals surface area contributed by atoms with Crippen LogP contribution in [0.3, 0.4) is 0 Å². The predicted molar refractivity (Wildman–Crippen MR) is 66.4 cm³/mol. The van der Waals surface area contributed by atoms with Crippen molar-refractivity contribution in [1.82, 2.24) is 9.29 Å². The van der Waals surface area contributed by atoms with Crippen molar-refractivity contribution in [3.05, 3.63) is 23.5 Å². The number of halogens is 1. The Hall–Kier alpha value is -1.71.